The maximum absolute atomic E-state index is 13.6. The number of hydrogen-bond acceptors (Lipinski definition) is 1. The van der Waals surface area contributed by atoms with E-state index in [9.17, 15) is 4.79 Å². The van der Waals surface area contributed by atoms with Crippen molar-refractivity contribution in [3.8, 4) is 11.1 Å². The summed E-state index contributed by atoms with van der Waals surface area (Å²) in [5, 5.41) is 3.43. The zero-order valence-corrected chi connectivity index (χ0v) is 16.0. The number of rotatable bonds is 4. The van der Waals surface area contributed by atoms with Crippen molar-refractivity contribution in [2.24, 2.45) is 5.92 Å². The number of fused-ring (bicyclic) bond motifs is 3. The summed E-state index contributed by atoms with van der Waals surface area (Å²) in [6.07, 6.45) is 4.75. The number of nitrogens with one attached hydrogen (secondary N) is 1. The van der Waals surface area contributed by atoms with E-state index in [2.05, 4.69) is 66.0 Å². The molecule has 2 aliphatic carbocycles. The van der Waals surface area contributed by atoms with Gasteiger partial charge in [-0.2, -0.15) is 0 Å². The van der Waals surface area contributed by atoms with Gasteiger partial charge in [0, 0.05) is 0 Å². The molecular weight excluding hydrogens is 342 g/mol. The van der Waals surface area contributed by atoms with E-state index >= 15 is 0 Å². The lowest BCUT2D eigenvalue weighted by Gasteiger charge is -2.26. The molecular formula is C26H25NO. The number of hydrogen-bond donors (Lipinski definition) is 1. The lowest BCUT2D eigenvalue weighted by molar-refractivity contribution is -0.124. The molecule has 0 unspecified atom stereocenters. The minimum Gasteiger partial charge on any atom is -0.345 e. The molecule has 0 aliphatic heterocycles. The van der Waals surface area contributed by atoms with E-state index in [1.54, 1.807) is 0 Å². The van der Waals surface area contributed by atoms with Gasteiger partial charge in [0.15, 0.2) is 0 Å². The van der Waals surface area contributed by atoms with Crippen molar-refractivity contribution >= 4 is 5.91 Å². The van der Waals surface area contributed by atoms with Crippen LogP contribution in [-0.4, -0.2) is 5.91 Å². The molecule has 1 saturated carbocycles. The minimum absolute atomic E-state index is 0.0625. The van der Waals surface area contributed by atoms with Crippen LogP contribution in [0.25, 0.3) is 11.1 Å². The van der Waals surface area contributed by atoms with Crippen molar-refractivity contribution in [1.29, 1.82) is 0 Å². The summed E-state index contributed by atoms with van der Waals surface area (Å²) in [6.45, 7) is 0. The third kappa shape index (κ3) is 2.93. The Bertz CT molecular complexity index is 943. The highest BCUT2D eigenvalue weighted by molar-refractivity contribution is 5.87. The molecule has 1 fully saturated rings. The summed E-state index contributed by atoms with van der Waals surface area (Å²) in [4.78, 5) is 13.6. The van der Waals surface area contributed by atoms with Crippen molar-refractivity contribution in [1.82, 2.24) is 5.32 Å². The van der Waals surface area contributed by atoms with Gasteiger partial charge in [-0.15, -0.1) is 0 Å². The Balaban J connectivity index is 1.50. The average molecular weight is 367 g/mol. The monoisotopic (exact) mass is 367 g/mol. The Morgan fingerprint density at radius 1 is 0.750 bits per heavy atom. The highest BCUT2D eigenvalue weighted by atomic mass is 16.2. The van der Waals surface area contributed by atoms with Crippen molar-refractivity contribution < 1.29 is 4.79 Å². The van der Waals surface area contributed by atoms with Crippen molar-refractivity contribution in [3.63, 3.8) is 0 Å². The number of carbonyl (C=O) groups is 1. The van der Waals surface area contributed by atoms with E-state index < -0.39 is 0 Å². The van der Waals surface area contributed by atoms with Crippen molar-refractivity contribution in [2.45, 2.75) is 37.6 Å². The summed E-state index contributed by atoms with van der Waals surface area (Å²) in [5.74, 6) is 0.535. The largest absolute Gasteiger partial charge is 0.345 e. The quantitative estimate of drug-likeness (QED) is 0.616. The zero-order chi connectivity index (χ0) is 18.9. The van der Waals surface area contributed by atoms with Crippen LogP contribution >= 0.6 is 0 Å². The molecule has 1 amide bonds. The molecule has 140 valence electrons. The smallest absolute Gasteiger partial charge is 0.228 e. The minimum atomic E-state index is -0.0661. The Morgan fingerprint density at radius 2 is 1.29 bits per heavy atom. The lowest BCUT2D eigenvalue weighted by atomic mass is 9.83. The van der Waals surface area contributed by atoms with Crippen LogP contribution in [0, 0.1) is 5.92 Å². The first-order chi connectivity index (χ1) is 13.8. The van der Waals surface area contributed by atoms with E-state index in [0.717, 1.165) is 18.4 Å². The van der Waals surface area contributed by atoms with Gasteiger partial charge in [0.25, 0.3) is 0 Å². The summed E-state index contributed by atoms with van der Waals surface area (Å²) in [5.41, 5.74) is 6.03. The normalized spacial score (nSPS) is 17.1. The fraction of sp³-hybridized carbons (Fsp3) is 0.269. The van der Waals surface area contributed by atoms with E-state index in [1.165, 1.54) is 35.1 Å². The molecule has 0 saturated heterocycles. The predicted molar refractivity (Wildman–Crippen MR) is 113 cm³/mol. The number of benzene rings is 3. The first kappa shape index (κ1) is 17.2. The van der Waals surface area contributed by atoms with Crippen LogP contribution in [0.4, 0.5) is 0 Å². The lowest BCUT2D eigenvalue weighted by Crippen LogP contribution is -2.35. The average Bonchev–Trinajstić information content (AvgIpc) is 3.37. The van der Waals surface area contributed by atoms with E-state index in [1.807, 2.05) is 18.2 Å². The first-order valence-corrected chi connectivity index (χ1v) is 10.4. The molecule has 2 heteroatoms. The Kier molecular flexibility index (Phi) is 4.48. The zero-order valence-electron chi connectivity index (χ0n) is 16.0. The van der Waals surface area contributed by atoms with Crippen LogP contribution in [0.1, 0.15) is 54.3 Å². The molecule has 3 aromatic rings. The molecule has 0 radical (unpaired) electrons. The second-order valence-corrected chi connectivity index (χ2v) is 8.05. The second-order valence-electron chi connectivity index (χ2n) is 8.05. The highest BCUT2D eigenvalue weighted by Crippen LogP contribution is 2.44. The molecule has 2 aliphatic rings. The molecule has 0 heterocycles. The van der Waals surface area contributed by atoms with Gasteiger partial charge in [0.1, 0.15) is 0 Å². The van der Waals surface area contributed by atoms with Gasteiger partial charge in [-0.1, -0.05) is 91.7 Å². The molecule has 0 bridgehead atoms. The standard InChI is InChI=1S/C26H25NO/c28-26(24(19-12-4-5-13-19)18-10-2-1-3-11-18)27-25-22-16-8-6-14-20(22)21-15-7-9-17-23(21)25/h1-3,6-11,14-17,19,24-25H,4-5,12-13H2,(H,27,28)/t24-/m0/s1. The van der Waals surface area contributed by atoms with E-state index in [0.29, 0.717) is 5.92 Å². The molecule has 1 N–H and O–H groups in total. The third-order valence-corrected chi connectivity index (χ3v) is 6.43. The van der Waals surface area contributed by atoms with Crippen LogP contribution in [0.2, 0.25) is 0 Å². The maximum atomic E-state index is 13.6. The molecule has 5 rings (SSSR count). The maximum Gasteiger partial charge on any atom is 0.228 e. The van der Waals surface area contributed by atoms with Crippen LogP contribution in [0.5, 0.6) is 0 Å². The van der Waals surface area contributed by atoms with Gasteiger partial charge in [-0.25, -0.2) is 0 Å². The Labute approximate surface area is 166 Å². The predicted octanol–water partition coefficient (Wildman–Crippen LogP) is 5.85. The molecule has 3 aromatic carbocycles. The van der Waals surface area contributed by atoms with Gasteiger partial charge >= 0.3 is 0 Å². The highest BCUT2D eigenvalue weighted by Gasteiger charge is 2.35. The fourth-order valence-corrected chi connectivity index (χ4v) is 5.13. The molecule has 0 spiro atoms. The Hall–Kier alpha value is -2.87. The van der Waals surface area contributed by atoms with E-state index in [-0.39, 0.29) is 17.9 Å². The number of carbonyl (C=O) groups excluding carboxylic acids is 1. The summed E-state index contributed by atoms with van der Waals surface area (Å²) in [6, 6.07) is 27.2. The first-order valence-electron chi connectivity index (χ1n) is 10.4. The van der Waals surface area contributed by atoms with Gasteiger partial charge < -0.3 is 5.32 Å². The SMILES string of the molecule is O=C(NC1c2ccccc2-c2ccccc21)[C@@H](c1ccccc1)C1CCCC1. The number of amides is 1. The van der Waals surface area contributed by atoms with Crippen LogP contribution in [0.15, 0.2) is 78.9 Å². The van der Waals surface area contributed by atoms with Gasteiger partial charge in [0.05, 0.1) is 12.0 Å². The third-order valence-electron chi connectivity index (χ3n) is 6.43. The second kappa shape index (κ2) is 7.27. The summed E-state index contributed by atoms with van der Waals surface area (Å²) < 4.78 is 0. The summed E-state index contributed by atoms with van der Waals surface area (Å²) >= 11 is 0. The van der Waals surface area contributed by atoms with Gasteiger partial charge in [0.2, 0.25) is 5.91 Å². The topological polar surface area (TPSA) is 29.1 Å². The van der Waals surface area contributed by atoms with Crippen molar-refractivity contribution in [2.75, 3.05) is 0 Å². The molecule has 1 atom stereocenters. The van der Waals surface area contributed by atoms with Gasteiger partial charge in [-0.05, 0) is 46.6 Å². The van der Waals surface area contributed by atoms with Crippen LogP contribution in [0.3, 0.4) is 0 Å². The van der Waals surface area contributed by atoms with Crippen molar-refractivity contribution in [3.05, 3.63) is 95.6 Å². The Morgan fingerprint density at radius 3 is 1.89 bits per heavy atom. The molecule has 28 heavy (non-hydrogen) atoms. The van der Waals surface area contributed by atoms with E-state index in [4.69, 9.17) is 0 Å². The summed E-state index contributed by atoms with van der Waals surface area (Å²) in [7, 11) is 0. The van der Waals surface area contributed by atoms with Gasteiger partial charge in [-0.3, -0.25) is 4.79 Å². The molecule has 0 aromatic heterocycles. The fourth-order valence-electron chi connectivity index (χ4n) is 5.13. The van der Waals surface area contributed by atoms with Crippen LogP contribution in [-0.2, 0) is 4.79 Å². The van der Waals surface area contributed by atoms with Crippen LogP contribution < -0.4 is 5.32 Å². The molecule has 2 nitrogen and oxygen atoms in total.